The molecule has 25 heavy (non-hydrogen) atoms. The summed E-state index contributed by atoms with van der Waals surface area (Å²) in [5.74, 6) is -0.371. The van der Waals surface area contributed by atoms with Crippen molar-refractivity contribution in [1.82, 2.24) is 9.80 Å². The number of rotatable bonds is 4. The number of amides is 2. The molecule has 0 spiro atoms. The highest BCUT2D eigenvalue weighted by Gasteiger charge is 2.34. The van der Waals surface area contributed by atoms with Gasteiger partial charge in [-0.25, -0.2) is 4.39 Å². The lowest BCUT2D eigenvalue weighted by molar-refractivity contribution is -0.139. The molecule has 136 valence electrons. The molecule has 2 aliphatic rings. The van der Waals surface area contributed by atoms with Crippen LogP contribution in [0.25, 0.3) is 0 Å². The molecule has 1 unspecified atom stereocenters. The van der Waals surface area contributed by atoms with Gasteiger partial charge in [0, 0.05) is 31.2 Å². The second-order valence-electron chi connectivity index (χ2n) is 7.16. The zero-order chi connectivity index (χ0) is 17.8. The Morgan fingerprint density at radius 3 is 2.44 bits per heavy atom. The van der Waals surface area contributed by atoms with Crippen molar-refractivity contribution in [3.05, 3.63) is 35.6 Å². The van der Waals surface area contributed by atoms with Crippen LogP contribution in [0.2, 0.25) is 0 Å². The number of carbonyl (C=O) groups excluding carboxylic acids is 2. The first-order valence-corrected chi connectivity index (χ1v) is 9.45. The maximum Gasteiger partial charge on any atom is 0.253 e. The maximum atomic E-state index is 13.1. The molecule has 3 rings (SSSR count). The molecule has 0 aromatic heterocycles. The number of likely N-dealkylation sites (tertiary alicyclic amines) is 1. The van der Waals surface area contributed by atoms with Gasteiger partial charge in [-0.3, -0.25) is 9.59 Å². The highest BCUT2D eigenvalue weighted by Crippen LogP contribution is 2.27. The largest absolute Gasteiger partial charge is 0.340 e. The van der Waals surface area contributed by atoms with Crippen molar-refractivity contribution in [3.63, 3.8) is 0 Å². The molecule has 0 bridgehead atoms. The number of hydrogen-bond donors (Lipinski definition) is 0. The predicted octanol–water partition coefficient (Wildman–Crippen LogP) is 3.47. The van der Waals surface area contributed by atoms with Crippen LogP contribution in [-0.4, -0.2) is 47.3 Å². The van der Waals surface area contributed by atoms with E-state index in [0.717, 1.165) is 32.2 Å². The summed E-state index contributed by atoms with van der Waals surface area (Å²) < 4.78 is 13.1. The number of carbonyl (C=O) groups is 2. The number of piperidine rings is 1. The lowest BCUT2D eigenvalue weighted by Crippen LogP contribution is -2.49. The minimum atomic E-state index is -0.349. The number of halogens is 1. The smallest absolute Gasteiger partial charge is 0.253 e. The van der Waals surface area contributed by atoms with Crippen molar-refractivity contribution in [2.75, 3.05) is 19.6 Å². The van der Waals surface area contributed by atoms with E-state index in [9.17, 15) is 14.0 Å². The summed E-state index contributed by atoms with van der Waals surface area (Å²) in [5.41, 5.74) is 0.484. The van der Waals surface area contributed by atoms with Crippen molar-refractivity contribution < 1.29 is 14.0 Å². The van der Waals surface area contributed by atoms with Gasteiger partial charge in [0.15, 0.2) is 0 Å². The van der Waals surface area contributed by atoms with E-state index in [1.54, 1.807) is 4.90 Å². The fourth-order valence-corrected chi connectivity index (χ4v) is 4.18. The van der Waals surface area contributed by atoms with Gasteiger partial charge in [0.2, 0.25) is 5.91 Å². The molecular weight excluding hydrogens is 319 g/mol. The van der Waals surface area contributed by atoms with E-state index in [2.05, 4.69) is 0 Å². The molecular formula is C20H27FN2O2. The zero-order valence-corrected chi connectivity index (χ0v) is 14.9. The maximum absolute atomic E-state index is 13.1. The Morgan fingerprint density at radius 2 is 1.80 bits per heavy atom. The Balaban J connectivity index is 1.66. The van der Waals surface area contributed by atoms with Gasteiger partial charge in [-0.1, -0.05) is 12.8 Å². The van der Waals surface area contributed by atoms with E-state index >= 15 is 0 Å². The Bertz CT molecular complexity index is 611. The Morgan fingerprint density at radius 1 is 1.12 bits per heavy atom. The lowest BCUT2D eigenvalue weighted by Gasteiger charge is -2.37. The average molecular weight is 346 g/mol. The number of benzene rings is 1. The number of nitrogens with zero attached hydrogens (tertiary/aromatic N) is 2. The molecule has 1 aromatic rings. The predicted molar refractivity (Wildman–Crippen MR) is 94.7 cm³/mol. The third kappa shape index (κ3) is 4.02. The summed E-state index contributed by atoms with van der Waals surface area (Å²) in [6.45, 7) is 3.92. The van der Waals surface area contributed by atoms with E-state index in [-0.39, 0.29) is 23.5 Å². The summed E-state index contributed by atoms with van der Waals surface area (Å²) in [6, 6.07) is 6.01. The molecule has 0 radical (unpaired) electrons. The summed E-state index contributed by atoms with van der Waals surface area (Å²) in [4.78, 5) is 29.4. The van der Waals surface area contributed by atoms with E-state index in [1.165, 1.54) is 37.1 Å². The van der Waals surface area contributed by atoms with Gasteiger partial charge in [-0.05, 0) is 56.9 Å². The van der Waals surface area contributed by atoms with Gasteiger partial charge in [-0.15, -0.1) is 0 Å². The molecule has 1 heterocycles. The SMILES string of the molecule is CCN(C(=O)C1CCCN(C(=O)c2ccc(F)cc2)C1)C1CCCC1. The summed E-state index contributed by atoms with van der Waals surface area (Å²) in [7, 11) is 0. The number of hydrogen-bond acceptors (Lipinski definition) is 2. The summed E-state index contributed by atoms with van der Waals surface area (Å²) in [6.07, 6.45) is 6.29. The monoisotopic (exact) mass is 346 g/mol. The third-order valence-corrected chi connectivity index (χ3v) is 5.54. The van der Waals surface area contributed by atoms with Gasteiger partial charge in [0.1, 0.15) is 5.82 Å². The minimum Gasteiger partial charge on any atom is -0.340 e. The van der Waals surface area contributed by atoms with Crippen molar-refractivity contribution in [2.45, 2.75) is 51.5 Å². The molecule has 0 N–H and O–H groups in total. The summed E-state index contributed by atoms with van der Waals surface area (Å²) >= 11 is 0. The molecule has 1 atom stereocenters. The minimum absolute atomic E-state index is 0.110. The van der Waals surface area contributed by atoms with Gasteiger partial charge >= 0.3 is 0 Å². The van der Waals surface area contributed by atoms with E-state index in [1.807, 2.05) is 11.8 Å². The van der Waals surface area contributed by atoms with Crippen molar-refractivity contribution in [1.29, 1.82) is 0 Å². The second-order valence-corrected chi connectivity index (χ2v) is 7.16. The molecule has 1 aliphatic heterocycles. The first-order valence-electron chi connectivity index (χ1n) is 9.45. The van der Waals surface area contributed by atoms with E-state index in [4.69, 9.17) is 0 Å². The normalized spacial score (nSPS) is 21.4. The van der Waals surface area contributed by atoms with Crippen molar-refractivity contribution in [2.24, 2.45) is 5.92 Å². The molecule has 5 heteroatoms. The standard InChI is InChI=1S/C20H27FN2O2/c1-2-23(18-7-3-4-8-18)20(25)16-6-5-13-22(14-16)19(24)15-9-11-17(21)12-10-15/h9-12,16,18H,2-8,13-14H2,1H3. The highest BCUT2D eigenvalue weighted by molar-refractivity contribution is 5.94. The Labute approximate surface area is 149 Å². The lowest BCUT2D eigenvalue weighted by atomic mass is 9.95. The quantitative estimate of drug-likeness (QED) is 0.838. The van der Waals surface area contributed by atoms with Crippen LogP contribution in [0.3, 0.4) is 0 Å². The first-order chi connectivity index (χ1) is 12.1. The van der Waals surface area contributed by atoms with Crippen LogP contribution in [0.1, 0.15) is 55.8 Å². The van der Waals surface area contributed by atoms with Crippen molar-refractivity contribution in [3.8, 4) is 0 Å². The zero-order valence-electron chi connectivity index (χ0n) is 14.9. The molecule has 1 saturated carbocycles. The Kier molecular flexibility index (Phi) is 5.71. The third-order valence-electron chi connectivity index (χ3n) is 5.54. The van der Waals surface area contributed by atoms with Crippen LogP contribution < -0.4 is 0 Å². The molecule has 1 saturated heterocycles. The first kappa shape index (κ1) is 17.9. The molecule has 1 aromatic carbocycles. The fraction of sp³-hybridized carbons (Fsp3) is 0.600. The van der Waals surface area contributed by atoms with Crippen LogP contribution in [0.5, 0.6) is 0 Å². The molecule has 1 aliphatic carbocycles. The Hall–Kier alpha value is -1.91. The van der Waals surface area contributed by atoms with Crippen LogP contribution in [0.4, 0.5) is 4.39 Å². The average Bonchev–Trinajstić information content (AvgIpc) is 3.17. The van der Waals surface area contributed by atoms with Crippen LogP contribution in [0.15, 0.2) is 24.3 Å². The van der Waals surface area contributed by atoms with Crippen LogP contribution in [-0.2, 0) is 4.79 Å². The van der Waals surface area contributed by atoms with E-state index in [0.29, 0.717) is 24.7 Å². The topological polar surface area (TPSA) is 40.6 Å². The molecule has 4 nitrogen and oxygen atoms in total. The van der Waals surface area contributed by atoms with Gasteiger partial charge in [0.05, 0.1) is 5.92 Å². The van der Waals surface area contributed by atoms with Gasteiger partial charge in [-0.2, -0.15) is 0 Å². The summed E-state index contributed by atoms with van der Waals surface area (Å²) in [5, 5.41) is 0. The van der Waals surface area contributed by atoms with E-state index < -0.39 is 0 Å². The van der Waals surface area contributed by atoms with Gasteiger partial charge < -0.3 is 9.80 Å². The highest BCUT2D eigenvalue weighted by atomic mass is 19.1. The molecule has 2 fully saturated rings. The fourth-order valence-electron chi connectivity index (χ4n) is 4.18. The second kappa shape index (κ2) is 7.98. The van der Waals surface area contributed by atoms with Crippen molar-refractivity contribution >= 4 is 11.8 Å². The molecule has 2 amide bonds. The van der Waals surface area contributed by atoms with Crippen LogP contribution >= 0.6 is 0 Å². The van der Waals surface area contributed by atoms with Crippen LogP contribution in [0, 0.1) is 11.7 Å². The van der Waals surface area contributed by atoms with Gasteiger partial charge in [0.25, 0.3) is 5.91 Å².